The van der Waals surface area contributed by atoms with Crippen LogP contribution in [-0.2, 0) is 9.59 Å². The van der Waals surface area contributed by atoms with E-state index in [4.69, 9.17) is 15.3 Å². The molecule has 0 bridgehead atoms. The van der Waals surface area contributed by atoms with Gasteiger partial charge in [-0.3, -0.25) is 4.79 Å². The van der Waals surface area contributed by atoms with Crippen molar-refractivity contribution in [1.82, 2.24) is 10.2 Å². The van der Waals surface area contributed by atoms with Gasteiger partial charge >= 0.3 is 18.0 Å². The van der Waals surface area contributed by atoms with Gasteiger partial charge < -0.3 is 25.5 Å². The van der Waals surface area contributed by atoms with Gasteiger partial charge in [0.15, 0.2) is 0 Å². The number of halogens is 2. The predicted molar refractivity (Wildman–Crippen MR) is 56.9 cm³/mol. The first kappa shape index (κ1) is 17.0. The molecule has 110 valence electrons. The molecule has 0 rings (SSSR count). The maximum atomic E-state index is 12.2. The summed E-state index contributed by atoms with van der Waals surface area (Å²) in [6, 6.07) is -2.91. The summed E-state index contributed by atoms with van der Waals surface area (Å²) < 4.78 is 24.3. The Balaban J connectivity index is 4.65. The molecule has 10 heteroatoms. The number of carbonyl (C=O) groups excluding carboxylic acids is 1. The number of hydrogen-bond acceptors (Lipinski definition) is 4. The van der Waals surface area contributed by atoms with Gasteiger partial charge in [0.25, 0.3) is 6.43 Å². The summed E-state index contributed by atoms with van der Waals surface area (Å²) >= 11 is 0. The largest absolute Gasteiger partial charge is 0.481 e. The number of rotatable bonds is 8. The van der Waals surface area contributed by atoms with Crippen molar-refractivity contribution in [2.24, 2.45) is 0 Å². The fourth-order valence-corrected chi connectivity index (χ4v) is 1.18. The number of nitrogens with one attached hydrogen (secondary N) is 1. The topological polar surface area (TPSA) is 127 Å². The maximum Gasteiger partial charge on any atom is 0.326 e. The Morgan fingerprint density at radius 2 is 1.79 bits per heavy atom. The molecule has 19 heavy (non-hydrogen) atoms. The Morgan fingerprint density at radius 1 is 1.21 bits per heavy atom. The predicted octanol–water partition coefficient (Wildman–Crippen LogP) is -0.817. The molecule has 4 N–H and O–H groups in total. The van der Waals surface area contributed by atoms with Gasteiger partial charge in [0.2, 0.25) is 0 Å². The van der Waals surface area contributed by atoms with Gasteiger partial charge in [-0.05, 0) is 0 Å². The van der Waals surface area contributed by atoms with Crippen LogP contribution >= 0.6 is 0 Å². The van der Waals surface area contributed by atoms with Gasteiger partial charge in [0, 0.05) is 6.54 Å². The van der Waals surface area contributed by atoms with Crippen LogP contribution in [0.3, 0.4) is 0 Å². The van der Waals surface area contributed by atoms with Crippen molar-refractivity contribution in [1.29, 1.82) is 0 Å². The van der Waals surface area contributed by atoms with Crippen molar-refractivity contribution in [2.45, 2.75) is 18.9 Å². The third-order valence-corrected chi connectivity index (χ3v) is 1.99. The zero-order valence-corrected chi connectivity index (χ0v) is 9.75. The van der Waals surface area contributed by atoms with E-state index < -0.39 is 56.6 Å². The molecule has 0 aliphatic carbocycles. The summed E-state index contributed by atoms with van der Waals surface area (Å²) in [6.45, 7) is -2.00. The fraction of sp³-hybridized carbons (Fsp3) is 0.667. The van der Waals surface area contributed by atoms with E-state index in [1.807, 2.05) is 0 Å². The molecule has 0 spiro atoms. The van der Waals surface area contributed by atoms with E-state index in [-0.39, 0.29) is 0 Å². The smallest absolute Gasteiger partial charge is 0.326 e. The Bertz CT molecular complexity index is 339. The van der Waals surface area contributed by atoms with E-state index in [1.54, 1.807) is 5.32 Å². The van der Waals surface area contributed by atoms with Gasteiger partial charge in [-0.25, -0.2) is 18.4 Å². The van der Waals surface area contributed by atoms with Gasteiger partial charge in [-0.15, -0.1) is 0 Å². The van der Waals surface area contributed by atoms with E-state index >= 15 is 0 Å². The third kappa shape index (κ3) is 7.13. The molecule has 0 aromatic carbocycles. The standard InChI is InChI=1S/C9H14F2N2O6/c10-6(11)4-13(1-2-14)9(19)12-5(8(17)18)3-7(15)16/h5-6,14H,1-4H2,(H,12,19)(H,15,16)(H,17,18)/t5-/m1/s1. The second-order valence-electron chi connectivity index (χ2n) is 3.50. The van der Waals surface area contributed by atoms with Crippen LogP contribution in [0.1, 0.15) is 6.42 Å². The normalized spacial score (nSPS) is 12.0. The lowest BCUT2D eigenvalue weighted by molar-refractivity contribution is -0.145. The summed E-state index contributed by atoms with van der Waals surface area (Å²) in [5, 5.41) is 27.5. The number of nitrogens with zero attached hydrogens (tertiary/aromatic N) is 1. The van der Waals surface area contributed by atoms with Crippen LogP contribution in [0.15, 0.2) is 0 Å². The van der Waals surface area contributed by atoms with E-state index in [9.17, 15) is 23.2 Å². The molecule has 0 heterocycles. The lowest BCUT2D eigenvalue weighted by atomic mass is 10.2. The van der Waals surface area contributed by atoms with Crippen molar-refractivity contribution in [2.75, 3.05) is 19.7 Å². The van der Waals surface area contributed by atoms with Crippen LogP contribution in [0.2, 0.25) is 0 Å². The highest BCUT2D eigenvalue weighted by Gasteiger charge is 2.26. The summed E-state index contributed by atoms with van der Waals surface area (Å²) in [5.41, 5.74) is 0. The maximum absolute atomic E-state index is 12.2. The zero-order valence-electron chi connectivity index (χ0n) is 9.75. The first-order chi connectivity index (χ1) is 8.77. The van der Waals surface area contributed by atoms with E-state index in [2.05, 4.69) is 0 Å². The third-order valence-electron chi connectivity index (χ3n) is 1.99. The van der Waals surface area contributed by atoms with Crippen LogP contribution in [0.4, 0.5) is 13.6 Å². The molecule has 2 amide bonds. The number of alkyl halides is 2. The van der Waals surface area contributed by atoms with Gasteiger partial charge in [0.1, 0.15) is 6.04 Å². The Labute approximate surface area is 106 Å². The molecule has 0 saturated carbocycles. The number of amides is 2. The monoisotopic (exact) mass is 284 g/mol. The molecule has 0 aromatic heterocycles. The van der Waals surface area contributed by atoms with Crippen molar-refractivity contribution in [3.63, 3.8) is 0 Å². The summed E-state index contributed by atoms with van der Waals surface area (Å²) in [4.78, 5) is 33.0. The highest BCUT2D eigenvalue weighted by Crippen LogP contribution is 2.01. The van der Waals surface area contributed by atoms with E-state index in [0.717, 1.165) is 0 Å². The molecule has 0 fully saturated rings. The molecule has 0 radical (unpaired) electrons. The number of hydrogen-bond donors (Lipinski definition) is 4. The van der Waals surface area contributed by atoms with Gasteiger partial charge in [-0.2, -0.15) is 0 Å². The molecule has 0 aliphatic heterocycles. The number of aliphatic hydroxyl groups excluding tert-OH is 1. The summed E-state index contributed by atoms with van der Waals surface area (Å²) in [7, 11) is 0. The van der Waals surface area contributed by atoms with E-state index in [0.29, 0.717) is 4.90 Å². The second kappa shape index (κ2) is 8.19. The Morgan fingerprint density at radius 3 is 2.16 bits per heavy atom. The molecule has 0 aromatic rings. The van der Waals surface area contributed by atoms with Gasteiger partial charge in [-0.1, -0.05) is 0 Å². The Kier molecular flexibility index (Phi) is 7.34. The summed E-state index contributed by atoms with van der Waals surface area (Å²) in [5.74, 6) is -3.06. The van der Waals surface area contributed by atoms with Crippen LogP contribution < -0.4 is 5.32 Å². The van der Waals surface area contributed by atoms with Crippen molar-refractivity contribution < 1.29 is 38.5 Å². The first-order valence-corrected chi connectivity index (χ1v) is 5.17. The molecular weight excluding hydrogens is 270 g/mol. The Hall–Kier alpha value is -1.97. The van der Waals surface area contributed by atoms with Crippen molar-refractivity contribution in [3.05, 3.63) is 0 Å². The number of carboxylic acids is 2. The van der Waals surface area contributed by atoms with Crippen LogP contribution in [0, 0.1) is 0 Å². The fourth-order valence-electron chi connectivity index (χ4n) is 1.18. The van der Waals surface area contributed by atoms with Crippen LogP contribution in [0.5, 0.6) is 0 Å². The number of carboxylic acid groups (broad SMARTS) is 2. The minimum absolute atomic E-state index is 0.421. The minimum atomic E-state index is -2.86. The van der Waals surface area contributed by atoms with E-state index in [1.165, 1.54) is 0 Å². The highest BCUT2D eigenvalue weighted by molar-refractivity contribution is 5.86. The lowest BCUT2D eigenvalue weighted by Gasteiger charge is -2.23. The van der Waals surface area contributed by atoms with Crippen LogP contribution in [-0.4, -0.2) is 70.4 Å². The molecule has 1 atom stereocenters. The number of urea groups is 1. The average Bonchev–Trinajstić information content (AvgIpc) is 2.26. The molecule has 0 aliphatic rings. The number of aliphatic carboxylic acids is 2. The number of aliphatic hydroxyl groups is 1. The quantitative estimate of drug-likeness (QED) is 0.461. The first-order valence-electron chi connectivity index (χ1n) is 5.17. The van der Waals surface area contributed by atoms with Crippen molar-refractivity contribution >= 4 is 18.0 Å². The van der Waals surface area contributed by atoms with Crippen LogP contribution in [0.25, 0.3) is 0 Å². The average molecular weight is 284 g/mol. The molecule has 8 nitrogen and oxygen atoms in total. The van der Waals surface area contributed by atoms with Crippen molar-refractivity contribution in [3.8, 4) is 0 Å². The minimum Gasteiger partial charge on any atom is -0.481 e. The van der Waals surface area contributed by atoms with Gasteiger partial charge in [0.05, 0.1) is 19.6 Å². The lowest BCUT2D eigenvalue weighted by Crippen LogP contribution is -2.50. The molecule has 0 saturated heterocycles. The highest BCUT2D eigenvalue weighted by atomic mass is 19.3. The molecular formula is C9H14F2N2O6. The number of carbonyl (C=O) groups is 3. The molecule has 0 unspecified atom stereocenters. The zero-order chi connectivity index (χ0) is 15.0. The SMILES string of the molecule is O=C(O)C[C@@H](NC(=O)N(CCO)CC(F)F)C(=O)O. The summed E-state index contributed by atoms with van der Waals surface area (Å²) in [6.07, 6.45) is -3.75. The second-order valence-corrected chi connectivity index (χ2v) is 3.50.